The highest BCUT2D eigenvalue weighted by molar-refractivity contribution is 5.85. The Labute approximate surface area is 119 Å². The van der Waals surface area contributed by atoms with Gasteiger partial charge in [-0.25, -0.2) is 0 Å². The molecular weight excluding hydrogens is 270 g/mol. The summed E-state index contributed by atoms with van der Waals surface area (Å²) in [7, 11) is 1.52. The maximum absolute atomic E-state index is 12.2. The molecule has 2 amide bonds. The van der Waals surface area contributed by atoms with Crippen LogP contribution in [0.3, 0.4) is 0 Å². The zero-order valence-corrected chi connectivity index (χ0v) is 12.1. The van der Waals surface area contributed by atoms with E-state index in [0.717, 1.165) is 19.5 Å². The molecule has 2 fully saturated rings. The fourth-order valence-electron chi connectivity index (χ4n) is 2.51. The van der Waals surface area contributed by atoms with Crippen molar-refractivity contribution in [1.82, 2.24) is 15.1 Å². The van der Waals surface area contributed by atoms with Crippen LogP contribution in [0.2, 0.25) is 0 Å². The molecule has 0 spiro atoms. The molecule has 2 heterocycles. The Kier molecular flexibility index (Phi) is 6.54. The number of hydrogen-bond acceptors (Lipinski definition) is 4. The summed E-state index contributed by atoms with van der Waals surface area (Å²) in [6, 6.07) is 0. The fraction of sp³-hybridized carbons (Fsp3) is 0.833. The van der Waals surface area contributed by atoms with Crippen molar-refractivity contribution in [2.75, 3.05) is 53.0 Å². The number of methoxy groups -OCH3 is 1. The molecule has 2 aliphatic rings. The van der Waals surface area contributed by atoms with Crippen LogP contribution in [0.15, 0.2) is 0 Å². The van der Waals surface area contributed by atoms with Gasteiger partial charge in [-0.15, -0.1) is 12.4 Å². The maximum atomic E-state index is 12.2. The normalized spacial score (nSPS) is 23.1. The molecule has 0 aromatic carbocycles. The third kappa shape index (κ3) is 4.06. The second-order valence-electron chi connectivity index (χ2n) is 4.83. The van der Waals surface area contributed by atoms with Crippen LogP contribution in [0.5, 0.6) is 0 Å². The van der Waals surface area contributed by atoms with Crippen LogP contribution >= 0.6 is 12.4 Å². The molecule has 2 rings (SSSR count). The van der Waals surface area contributed by atoms with E-state index in [1.165, 1.54) is 7.11 Å². The minimum atomic E-state index is 0. The first-order chi connectivity index (χ1) is 8.72. The Hall–Kier alpha value is -0.850. The number of piperazine rings is 1. The van der Waals surface area contributed by atoms with Gasteiger partial charge in [0.25, 0.3) is 0 Å². The summed E-state index contributed by atoms with van der Waals surface area (Å²) < 4.78 is 4.83. The quantitative estimate of drug-likeness (QED) is 0.750. The number of hydrogen-bond donors (Lipinski definition) is 1. The van der Waals surface area contributed by atoms with Crippen LogP contribution in [0, 0.1) is 5.92 Å². The van der Waals surface area contributed by atoms with Crippen LogP contribution in [0.1, 0.15) is 6.42 Å². The maximum Gasteiger partial charge on any atom is 0.248 e. The van der Waals surface area contributed by atoms with Gasteiger partial charge in [-0.2, -0.15) is 0 Å². The van der Waals surface area contributed by atoms with Gasteiger partial charge in [0.1, 0.15) is 6.61 Å². The van der Waals surface area contributed by atoms with Crippen molar-refractivity contribution in [3.05, 3.63) is 0 Å². The van der Waals surface area contributed by atoms with Crippen LogP contribution < -0.4 is 5.32 Å². The Morgan fingerprint density at radius 1 is 1.21 bits per heavy atom. The first-order valence-corrected chi connectivity index (χ1v) is 6.48. The smallest absolute Gasteiger partial charge is 0.248 e. The summed E-state index contributed by atoms with van der Waals surface area (Å²) in [5.74, 6) is 0.372. The number of rotatable bonds is 3. The first-order valence-electron chi connectivity index (χ1n) is 6.48. The topological polar surface area (TPSA) is 61.9 Å². The first kappa shape index (κ1) is 16.2. The third-order valence-corrected chi connectivity index (χ3v) is 3.62. The van der Waals surface area contributed by atoms with Gasteiger partial charge in [-0.1, -0.05) is 0 Å². The predicted octanol–water partition coefficient (Wildman–Crippen LogP) is -0.665. The zero-order valence-electron chi connectivity index (χ0n) is 11.3. The minimum Gasteiger partial charge on any atom is -0.375 e. The van der Waals surface area contributed by atoms with Gasteiger partial charge < -0.3 is 19.9 Å². The van der Waals surface area contributed by atoms with Crippen LogP contribution in [0.4, 0.5) is 0 Å². The van der Waals surface area contributed by atoms with Gasteiger partial charge in [0.05, 0.1) is 5.92 Å². The molecule has 1 atom stereocenters. The van der Waals surface area contributed by atoms with Crippen molar-refractivity contribution >= 4 is 24.2 Å². The molecule has 2 saturated heterocycles. The zero-order chi connectivity index (χ0) is 13.0. The summed E-state index contributed by atoms with van der Waals surface area (Å²) in [6.45, 7) is 4.38. The van der Waals surface area contributed by atoms with Crippen molar-refractivity contribution < 1.29 is 14.3 Å². The number of carbonyl (C=O) groups excluding carboxylic acids is 2. The molecule has 6 nitrogen and oxygen atoms in total. The Morgan fingerprint density at radius 2 is 1.84 bits per heavy atom. The summed E-state index contributed by atoms with van der Waals surface area (Å²) in [4.78, 5) is 27.4. The van der Waals surface area contributed by atoms with Crippen molar-refractivity contribution in [1.29, 1.82) is 0 Å². The Morgan fingerprint density at radius 3 is 2.37 bits per heavy atom. The van der Waals surface area contributed by atoms with Crippen molar-refractivity contribution in [3.63, 3.8) is 0 Å². The summed E-state index contributed by atoms with van der Waals surface area (Å²) in [6.07, 6.45) is 0.932. The van der Waals surface area contributed by atoms with E-state index in [0.29, 0.717) is 26.2 Å². The molecule has 0 bridgehead atoms. The molecule has 110 valence electrons. The molecule has 1 N–H and O–H groups in total. The number of nitrogens with zero attached hydrogens (tertiary/aromatic N) is 2. The third-order valence-electron chi connectivity index (χ3n) is 3.62. The lowest BCUT2D eigenvalue weighted by Crippen LogP contribution is -2.52. The van der Waals surface area contributed by atoms with E-state index in [-0.39, 0.29) is 36.7 Å². The van der Waals surface area contributed by atoms with E-state index in [1.807, 2.05) is 4.90 Å². The van der Waals surface area contributed by atoms with Gasteiger partial charge in [0.2, 0.25) is 11.8 Å². The summed E-state index contributed by atoms with van der Waals surface area (Å²) >= 11 is 0. The molecule has 1 unspecified atom stereocenters. The SMILES string of the molecule is COCC(=O)N1CCN(C(=O)C2CCNC2)CC1.Cl. The van der Waals surface area contributed by atoms with E-state index in [1.54, 1.807) is 4.90 Å². The molecular formula is C12H22ClN3O3. The molecule has 19 heavy (non-hydrogen) atoms. The molecule has 0 radical (unpaired) electrons. The monoisotopic (exact) mass is 291 g/mol. The Bertz CT molecular complexity index is 313. The van der Waals surface area contributed by atoms with Crippen molar-refractivity contribution in [3.8, 4) is 0 Å². The van der Waals surface area contributed by atoms with E-state index >= 15 is 0 Å². The fourth-order valence-corrected chi connectivity index (χ4v) is 2.51. The second kappa shape index (κ2) is 7.67. The van der Waals surface area contributed by atoms with Crippen molar-refractivity contribution in [2.45, 2.75) is 6.42 Å². The predicted molar refractivity (Wildman–Crippen MR) is 73.3 cm³/mol. The Balaban J connectivity index is 0.00000180. The number of ether oxygens (including phenoxy) is 1. The second-order valence-corrected chi connectivity index (χ2v) is 4.83. The molecule has 0 aromatic rings. The highest BCUT2D eigenvalue weighted by atomic mass is 35.5. The number of amides is 2. The highest BCUT2D eigenvalue weighted by Gasteiger charge is 2.30. The lowest BCUT2D eigenvalue weighted by Gasteiger charge is -2.35. The largest absolute Gasteiger partial charge is 0.375 e. The summed E-state index contributed by atoms with van der Waals surface area (Å²) in [5.41, 5.74) is 0. The number of halogens is 1. The van der Waals surface area contributed by atoms with Crippen molar-refractivity contribution in [2.24, 2.45) is 5.92 Å². The lowest BCUT2D eigenvalue weighted by molar-refractivity contribution is -0.143. The van der Waals surface area contributed by atoms with Crippen LogP contribution in [-0.2, 0) is 14.3 Å². The molecule has 0 aliphatic carbocycles. The van der Waals surface area contributed by atoms with Gasteiger partial charge >= 0.3 is 0 Å². The number of nitrogens with one attached hydrogen (secondary N) is 1. The van der Waals surface area contributed by atoms with Crippen LogP contribution in [-0.4, -0.2) is 74.6 Å². The molecule has 2 aliphatic heterocycles. The average Bonchev–Trinajstić information content (AvgIpc) is 2.92. The summed E-state index contributed by atoms with van der Waals surface area (Å²) in [5, 5.41) is 3.21. The van der Waals surface area contributed by atoms with Gasteiger partial charge in [-0.3, -0.25) is 9.59 Å². The standard InChI is InChI=1S/C12H21N3O3.ClH/c1-18-9-11(16)14-4-6-15(7-5-14)12(17)10-2-3-13-8-10;/h10,13H,2-9H2,1H3;1H. The van der Waals surface area contributed by atoms with E-state index in [2.05, 4.69) is 5.32 Å². The van der Waals surface area contributed by atoms with Gasteiger partial charge in [0.15, 0.2) is 0 Å². The van der Waals surface area contributed by atoms with E-state index in [4.69, 9.17) is 4.74 Å². The highest BCUT2D eigenvalue weighted by Crippen LogP contribution is 2.13. The minimum absolute atomic E-state index is 0. The molecule has 0 aromatic heterocycles. The van der Waals surface area contributed by atoms with Gasteiger partial charge in [0, 0.05) is 39.8 Å². The van der Waals surface area contributed by atoms with E-state index < -0.39 is 0 Å². The lowest BCUT2D eigenvalue weighted by atomic mass is 10.1. The molecule has 0 saturated carbocycles. The van der Waals surface area contributed by atoms with Crippen LogP contribution in [0.25, 0.3) is 0 Å². The average molecular weight is 292 g/mol. The number of carbonyl (C=O) groups is 2. The van der Waals surface area contributed by atoms with Gasteiger partial charge in [-0.05, 0) is 13.0 Å². The van der Waals surface area contributed by atoms with E-state index in [9.17, 15) is 9.59 Å². The molecule has 7 heteroatoms.